The molecule has 0 bridgehead atoms. The molecule has 0 aromatic rings. The van der Waals surface area contributed by atoms with E-state index in [9.17, 15) is 9.59 Å². The molecule has 0 aliphatic rings. The number of carboxylic acids is 1. The van der Waals surface area contributed by atoms with Gasteiger partial charge in [-0.25, -0.2) is 0 Å². The highest BCUT2D eigenvalue weighted by Crippen LogP contribution is 2.10. The van der Waals surface area contributed by atoms with Crippen LogP contribution >= 0.6 is 0 Å². The van der Waals surface area contributed by atoms with Crippen LogP contribution in [0.25, 0.3) is 0 Å². The Morgan fingerprint density at radius 2 is 1.80 bits per heavy atom. The van der Waals surface area contributed by atoms with E-state index in [1.54, 1.807) is 12.2 Å². The van der Waals surface area contributed by atoms with Gasteiger partial charge in [0.25, 0.3) is 0 Å². The topological polar surface area (TPSA) is 66.4 Å². The summed E-state index contributed by atoms with van der Waals surface area (Å²) in [5, 5.41) is 11.0. The average Bonchev–Trinajstić information content (AvgIpc) is 2.17. The van der Waals surface area contributed by atoms with Crippen LogP contribution in [0.5, 0.6) is 0 Å². The van der Waals surface area contributed by atoms with E-state index < -0.39 is 12.0 Å². The van der Waals surface area contributed by atoms with E-state index >= 15 is 0 Å². The van der Waals surface area contributed by atoms with Crippen LogP contribution in [0.15, 0.2) is 25.3 Å². The average molecular weight is 211 g/mol. The minimum absolute atomic E-state index is 0.273. The van der Waals surface area contributed by atoms with Gasteiger partial charge in [-0.15, -0.1) is 13.2 Å². The zero-order valence-electron chi connectivity index (χ0n) is 8.90. The highest BCUT2D eigenvalue weighted by atomic mass is 16.4. The van der Waals surface area contributed by atoms with Crippen molar-refractivity contribution in [3.05, 3.63) is 25.3 Å². The molecule has 2 N–H and O–H groups in total. The van der Waals surface area contributed by atoms with Gasteiger partial charge in [0.2, 0.25) is 5.91 Å². The lowest BCUT2D eigenvalue weighted by atomic mass is 10.00. The van der Waals surface area contributed by atoms with Crippen molar-refractivity contribution < 1.29 is 14.7 Å². The van der Waals surface area contributed by atoms with Gasteiger partial charge < -0.3 is 10.4 Å². The molecule has 84 valence electrons. The molecule has 0 fully saturated rings. The molecule has 0 rings (SSSR count). The SMILES string of the molecule is C=CCC(CC=C)C(=O)N[C@H](C)C(=O)O. The number of carbonyl (C=O) groups is 2. The zero-order chi connectivity index (χ0) is 11.8. The Morgan fingerprint density at radius 1 is 1.33 bits per heavy atom. The van der Waals surface area contributed by atoms with E-state index in [1.165, 1.54) is 6.92 Å². The monoisotopic (exact) mass is 211 g/mol. The van der Waals surface area contributed by atoms with Gasteiger partial charge >= 0.3 is 5.97 Å². The third kappa shape index (κ3) is 5.00. The fraction of sp³-hybridized carbons (Fsp3) is 0.455. The van der Waals surface area contributed by atoms with Gasteiger partial charge in [0.05, 0.1) is 0 Å². The molecular formula is C11H17NO3. The van der Waals surface area contributed by atoms with Crippen LogP contribution in [0.1, 0.15) is 19.8 Å². The number of allylic oxidation sites excluding steroid dienone is 2. The van der Waals surface area contributed by atoms with Crippen molar-refractivity contribution in [1.29, 1.82) is 0 Å². The van der Waals surface area contributed by atoms with Gasteiger partial charge in [0.1, 0.15) is 6.04 Å². The molecule has 0 unspecified atom stereocenters. The maximum absolute atomic E-state index is 11.6. The quantitative estimate of drug-likeness (QED) is 0.624. The molecule has 0 saturated heterocycles. The summed E-state index contributed by atoms with van der Waals surface area (Å²) in [5.41, 5.74) is 0. The van der Waals surface area contributed by atoms with Crippen molar-refractivity contribution in [1.82, 2.24) is 5.32 Å². The molecule has 1 atom stereocenters. The highest BCUT2D eigenvalue weighted by molar-refractivity contribution is 5.84. The summed E-state index contributed by atoms with van der Waals surface area (Å²) in [5.74, 6) is -1.59. The lowest BCUT2D eigenvalue weighted by Crippen LogP contribution is -2.41. The number of rotatable bonds is 7. The van der Waals surface area contributed by atoms with E-state index in [0.29, 0.717) is 12.8 Å². The second-order valence-electron chi connectivity index (χ2n) is 3.31. The van der Waals surface area contributed by atoms with Crippen LogP contribution in [-0.4, -0.2) is 23.0 Å². The third-order valence-corrected chi connectivity index (χ3v) is 2.00. The molecule has 4 nitrogen and oxygen atoms in total. The van der Waals surface area contributed by atoms with Crippen LogP contribution in [0.3, 0.4) is 0 Å². The minimum Gasteiger partial charge on any atom is -0.480 e. The highest BCUT2D eigenvalue weighted by Gasteiger charge is 2.20. The molecule has 0 heterocycles. The molecule has 0 spiro atoms. The van der Waals surface area contributed by atoms with Crippen molar-refractivity contribution in [2.75, 3.05) is 0 Å². The number of amides is 1. The van der Waals surface area contributed by atoms with E-state index in [0.717, 1.165) is 0 Å². The fourth-order valence-corrected chi connectivity index (χ4v) is 1.11. The summed E-state index contributed by atoms with van der Waals surface area (Å²) in [7, 11) is 0. The molecule has 15 heavy (non-hydrogen) atoms. The Balaban J connectivity index is 4.29. The molecule has 0 aromatic carbocycles. The van der Waals surface area contributed by atoms with Gasteiger partial charge in [-0.1, -0.05) is 12.2 Å². The number of carboxylic acid groups (broad SMARTS) is 1. The maximum atomic E-state index is 11.6. The molecule has 0 aliphatic heterocycles. The normalized spacial score (nSPS) is 11.9. The first kappa shape index (κ1) is 13.4. The number of hydrogen-bond acceptors (Lipinski definition) is 2. The van der Waals surface area contributed by atoms with Gasteiger partial charge in [0.15, 0.2) is 0 Å². The first-order chi connectivity index (χ1) is 7.02. The van der Waals surface area contributed by atoms with Crippen LogP contribution < -0.4 is 5.32 Å². The number of carbonyl (C=O) groups excluding carboxylic acids is 1. The van der Waals surface area contributed by atoms with Gasteiger partial charge in [-0.05, 0) is 19.8 Å². The summed E-state index contributed by atoms with van der Waals surface area (Å²) in [6.07, 6.45) is 4.31. The molecule has 1 amide bonds. The van der Waals surface area contributed by atoms with Crippen molar-refractivity contribution in [2.45, 2.75) is 25.8 Å². The first-order valence-electron chi connectivity index (χ1n) is 4.77. The predicted octanol–water partition coefficient (Wildman–Crippen LogP) is 1.34. The molecule has 0 radical (unpaired) electrons. The lowest BCUT2D eigenvalue weighted by molar-refractivity contribution is -0.141. The van der Waals surface area contributed by atoms with Crippen molar-refractivity contribution in [2.24, 2.45) is 5.92 Å². The van der Waals surface area contributed by atoms with Crippen LogP contribution in [0.2, 0.25) is 0 Å². The van der Waals surface area contributed by atoms with Crippen molar-refractivity contribution in [3.63, 3.8) is 0 Å². The maximum Gasteiger partial charge on any atom is 0.325 e. The molecule has 0 aromatic heterocycles. The lowest BCUT2D eigenvalue weighted by Gasteiger charge is -2.15. The number of nitrogens with one attached hydrogen (secondary N) is 1. The Bertz CT molecular complexity index is 251. The standard InChI is InChI=1S/C11H17NO3/c1-4-6-9(7-5-2)10(13)12-8(3)11(14)15/h4-5,8-9H,1-2,6-7H2,3H3,(H,12,13)(H,14,15)/t8-/m1/s1. The second-order valence-corrected chi connectivity index (χ2v) is 3.31. The van der Waals surface area contributed by atoms with Gasteiger partial charge in [-0.3, -0.25) is 9.59 Å². The van der Waals surface area contributed by atoms with E-state index in [1.807, 2.05) is 0 Å². The summed E-state index contributed by atoms with van der Waals surface area (Å²) in [4.78, 5) is 22.1. The smallest absolute Gasteiger partial charge is 0.325 e. The molecule has 0 saturated carbocycles. The van der Waals surface area contributed by atoms with Gasteiger partial charge in [-0.2, -0.15) is 0 Å². The predicted molar refractivity (Wildman–Crippen MR) is 58.4 cm³/mol. The third-order valence-electron chi connectivity index (χ3n) is 2.00. The molecule has 0 aliphatic carbocycles. The van der Waals surface area contributed by atoms with Crippen molar-refractivity contribution in [3.8, 4) is 0 Å². The van der Waals surface area contributed by atoms with E-state index in [-0.39, 0.29) is 11.8 Å². The summed E-state index contributed by atoms with van der Waals surface area (Å²) >= 11 is 0. The fourth-order valence-electron chi connectivity index (χ4n) is 1.11. The summed E-state index contributed by atoms with van der Waals surface area (Å²) < 4.78 is 0. The van der Waals surface area contributed by atoms with Crippen LogP contribution in [0.4, 0.5) is 0 Å². The molecule has 4 heteroatoms. The Labute approximate surface area is 89.7 Å². The minimum atomic E-state index is -1.04. The summed E-state index contributed by atoms with van der Waals surface area (Å²) in [6, 6.07) is -0.866. The first-order valence-corrected chi connectivity index (χ1v) is 4.77. The Kier molecular flexibility index (Phi) is 6.09. The Hall–Kier alpha value is -1.58. The van der Waals surface area contributed by atoms with Crippen LogP contribution in [0, 0.1) is 5.92 Å². The van der Waals surface area contributed by atoms with Crippen LogP contribution in [-0.2, 0) is 9.59 Å². The molecular weight excluding hydrogens is 194 g/mol. The number of aliphatic carboxylic acids is 1. The zero-order valence-corrected chi connectivity index (χ0v) is 8.90. The van der Waals surface area contributed by atoms with E-state index in [4.69, 9.17) is 5.11 Å². The van der Waals surface area contributed by atoms with Crippen molar-refractivity contribution >= 4 is 11.9 Å². The largest absolute Gasteiger partial charge is 0.480 e. The second kappa shape index (κ2) is 6.81. The summed E-state index contributed by atoms with van der Waals surface area (Å²) in [6.45, 7) is 8.53. The Morgan fingerprint density at radius 3 is 2.13 bits per heavy atom. The van der Waals surface area contributed by atoms with E-state index in [2.05, 4.69) is 18.5 Å². The van der Waals surface area contributed by atoms with Gasteiger partial charge in [0, 0.05) is 5.92 Å². The number of hydrogen-bond donors (Lipinski definition) is 2.